The summed E-state index contributed by atoms with van der Waals surface area (Å²) >= 11 is 0. The maximum atomic E-state index is 9.01. The Morgan fingerprint density at radius 3 is 2.56 bits per heavy atom. The van der Waals surface area contributed by atoms with Crippen LogP contribution in [0.25, 0.3) is 23.4 Å². The first kappa shape index (κ1) is 10.4. The Labute approximate surface area is 93.0 Å². The van der Waals surface area contributed by atoms with Crippen molar-refractivity contribution in [2.75, 3.05) is 5.48 Å². The minimum absolute atomic E-state index is 0.418. The summed E-state index contributed by atoms with van der Waals surface area (Å²) in [6.45, 7) is 7.53. The molecule has 0 aliphatic carbocycles. The average molecular weight is 212 g/mol. The van der Waals surface area contributed by atoms with E-state index in [4.69, 9.17) is 5.21 Å². The fraction of sp³-hybridized carbons (Fsp3) is 0. The molecule has 2 aromatic rings. The molecule has 2 rings (SSSR count). The van der Waals surface area contributed by atoms with Gasteiger partial charge in [0, 0.05) is 10.6 Å². The molecule has 3 heteroatoms. The van der Waals surface area contributed by atoms with Gasteiger partial charge in [0.05, 0.1) is 5.35 Å². The number of aromatic nitrogens is 1. The van der Waals surface area contributed by atoms with Crippen LogP contribution < -0.4 is 16.0 Å². The van der Waals surface area contributed by atoms with Crippen LogP contribution in [-0.4, -0.2) is 10.2 Å². The average Bonchev–Trinajstić information content (AvgIpc) is 2.32. The van der Waals surface area contributed by atoms with E-state index in [9.17, 15) is 0 Å². The molecule has 0 unspecified atom stereocenters. The van der Waals surface area contributed by atoms with Crippen molar-refractivity contribution in [3.05, 3.63) is 47.5 Å². The highest BCUT2D eigenvalue weighted by Crippen LogP contribution is 2.15. The van der Waals surface area contributed by atoms with E-state index in [1.165, 1.54) is 0 Å². The second-order valence-electron chi connectivity index (χ2n) is 3.38. The molecular formula is C13H12N2O. The van der Waals surface area contributed by atoms with Crippen LogP contribution in [0.2, 0.25) is 0 Å². The van der Waals surface area contributed by atoms with Gasteiger partial charge < -0.3 is 0 Å². The normalized spacial score (nSPS) is 11.7. The third-order valence-electron chi connectivity index (χ3n) is 2.42. The van der Waals surface area contributed by atoms with Gasteiger partial charge in [0.25, 0.3) is 0 Å². The number of hydrogen-bond acceptors (Lipinski definition) is 3. The Bertz CT molecular complexity index is 647. The van der Waals surface area contributed by atoms with Gasteiger partial charge in [-0.15, -0.1) is 0 Å². The summed E-state index contributed by atoms with van der Waals surface area (Å²) < 4.78 is 0. The Morgan fingerprint density at radius 1 is 1.25 bits per heavy atom. The minimum Gasteiger partial charge on any atom is -0.290 e. The Morgan fingerprint density at radius 2 is 1.94 bits per heavy atom. The summed E-state index contributed by atoms with van der Waals surface area (Å²) in [5, 5.41) is 12.4. The highest BCUT2D eigenvalue weighted by molar-refractivity contribution is 5.92. The van der Waals surface area contributed by atoms with E-state index in [1.807, 2.05) is 30.3 Å². The summed E-state index contributed by atoms with van der Waals surface area (Å²) in [5.41, 5.74) is 2.09. The van der Waals surface area contributed by atoms with E-state index in [2.05, 4.69) is 23.6 Å². The molecule has 0 saturated carbocycles. The van der Waals surface area contributed by atoms with Crippen LogP contribution >= 0.6 is 0 Å². The monoisotopic (exact) mass is 212 g/mol. The number of nitrogens with zero attached hydrogens (tertiary/aromatic N) is 1. The first-order valence-electron chi connectivity index (χ1n) is 4.88. The molecular weight excluding hydrogens is 200 g/mol. The van der Waals surface area contributed by atoms with Crippen LogP contribution in [0.5, 0.6) is 0 Å². The zero-order valence-electron chi connectivity index (χ0n) is 8.77. The van der Waals surface area contributed by atoms with E-state index in [0.717, 1.165) is 16.0 Å². The molecule has 0 aliphatic heterocycles. The van der Waals surface area contributed by atoms with Crippen molar-refractivity contribution < 1.29 is 5.21 Å². The smallest absolute Gasteiger partial charge is 0.158 e. The highest BCUT2D eigenvalue weighted by atomic mass is 16.5. The number of rotatable bonds is 2. The van der Waals surface area contributed by atoms with Crippen LogP contribution in [0.1, 0.15) is 0 Å². The number of fused-ring (bicyclic) bond motifs is 1. The van der Waals surface area contributed by atoms with Gasteiger partial charge in [-0.2, -0.15) is 0 Å². The molecule has 80 valence electrons. The molecule has 0 spiro atoms. The topological polar surface area (TPSA) is 45.2 Å². The van der Waals surface area contributed by atoms with Crippen LogP contribution in [0.3, 0.4) is 0 Å². The number of hydrogen-bond donors (Lipinski definition) is 2. The van der Waals surface area contributed by atoms with E-state index in [1.54, 1.807) is 6.08 Å². The van der Waals surface area contributed by atoms with E-state index >= 15 is 0 Å². The lowest BCUT2D eigenvalue weighted by Gasteiger charge is -2.04. The number of allylic oxidation sites excluding steroid dienone is 1. The van der Waals surface area contributed by atoms with Gasteiger partial charge in [-0.3, -0.25) is 10.7 Å². The quantitative estimate of drug-likeness (QED) is 0.740. The summed E-state index contributed by atoms with van der Waals surface area (Å²) in [7, 11) is 0. The molecule has 3 nitrogen and oxygen atoms in total. The molecule has 2 N–H and O–H groups in total. The fourth-order valence-electron chi connectivity index (χ4n) is 1.72. The van der Waals surface area contributed by atoms with Gasteiger partial charge in [-0.05, 0) is 5.39 Å². The van der Waals surface area contributed by atoms with E-state index in [-0.39, 0.29) is 0 Å². The third-order valence-corrected chi connectivity index (χ3v) is 2.42. The van der Waals surface area contributed by atoms with Gasteiger partial charge in [-0.25, -0.2) is 4.98 Å². The van der Waals surface area contributed by atoms with Gasteiger partial charge in [0.1, 0.15) is 0 Å². The van der Waals surface area contributed by atoms with Crippen LogP contribution in [0.4, 0.5) is 5.82 Å². The maximum absolute atomic E-state index is 9.01. The molecule has 0 amide bonds. The second-order valence-corrected chi connectivity index (χ2v) is 3.38. The molecule has 0 saturated heterocycles. The number of pyridine rings is 1. The van der Waals surface area contributed by atoms with Crippen molar-refractivity contribution in [2.24, 2.45) is 0 Å². The molecule has 0 fully saturated rings. The van der Waals surface area contributed by atoms with Gasteiger partial charge in [0.15, 0.2) is 5.82 Å². The highest BCUT2D eigenvalue weighted by Gasteiger charge is 2.02. The van der Waals surface area contributed by atoms with Crippen molar-refractivity contribution >= 4 is 29.2 Å². The molecule has 0 bridgehead atoms. The molecule has 1 heterocycles. The molecule has 16 heavy (non-hydrogen) atoms. The van der Waals surface area contributed by atoms with Crippen LogP contribution in [0.15, 0.2) is 36.9 Å². The van der Waals surface area contributed by atoms with Crippen LogP contribution in [0, 0.1) is 0 Å². The number of anilines is 1. The Hall–Kier alpha value is -2.13. The molecule has 1 aromatic carbocycles. The van der Waals surface area contributed by atoms with Gasteiger partial charge in [0.2, 0.25) is 0 Å². The predicted octanol–water partition coefficient (Wildman–Crippen LogP) is 1.41. The van der Waals surface area contributed by atoms with Crippen molar-refractivity contribution in [3.63, 3.8) is 0 Å². The third kappa shape index (κ3) is 1.57. The molecule has 0 atom stereocenters. The maximum Gasteiger partial charge on any atom is 0.158 e. The first-order valence-corrected chi connectivity index (χ1v) is 4.88. The Kier molecular flexibility index (Phi) is 2.70. The van der Waals surface area contributed by atoms with Crippen molar-refractivity contribution in [1.29, 1.82) is 0 Å². The van der Waals surface area contributed by atoms with Gasteiger partial charge >= 0.3 is 0 Å². The zero-order chi connectivity index (χ0) is 11.5. The second kappa shape index (κ2) is 4.16. The zero-order valence-corrected chi connectivity index (χ0v) is 8.77. The Balaban J connectivity index is 3.04. The lowest BCUT2D eigenvalue weighted by molar-refractivity contribution is 0.386. The predicted molar refractivity (Wildman–Crippen MR) is 66.6 cm³/mol. The summed E-state index contributed by atoms with van der Waals surface area (Å²) in [6, 6.07) is 7.68. The molecule has 0 radical (unpaired) electrons. The standard InChI is InChI=1S/C13H12N2O/c1-3-6-10-9(2)14-13(15-16)12-8-5-4-7-11(10)12/h3-8,16H,1-2H2,(H,14,15)/b10-6+. The lowest BCUT2D eigenvalue weighted by atomic mass is 10.1. The van der Waals surface area contributed by atoms with E-state index < -0.39 is 0 Å². The largest absolute Gasteiger partial charge is 0.290 e. The SMILES string of the molecule is C=C/C=c1\c(=C)nc(NO)c2ccccc12. The number of benzene rings is 1. The minimum atomic E-state index is 0.418. The van der Waals surface area contributed by atoms with Crippen molar-refractivity contribution in [2.45, 2.75) is 0 Å². The van der Waals surface area contributed by atoms with Crippen LogP contribution in [-0.2, 0) is 0 Å². The fourth-order valence-corrected chi connectivity index (χ4v) is 1.72. The summed E-state index contributed by atoms with van der Waals surface area (Å²) in [4.78, 5) is 4.19. The molecule has 1 aromatic heterocycles. The lowest BCUT2D eigenvalue weighted by Crippen LogP contribution is -2.28. The number of nitrogens with one attached hydrogen (secondary N) is 1. The van der Waals surface area contributed by atoms with E-state index in [0.29, 0.717) is 11.2 Å². The molecule has 0 aliphatic rings. The summed E-state index contributed by atoms with van der Waals surface area (Å²) in [5.74, 6) is 0.418. The summed E-state index contributed by atoms with van der Waals surface area (Å²) in [6.07, 6.45) is 3.56. The van der Waals surface area contributed by atoms with Crippen molar-refractivity contribution in [1.82, 2.24) is 4.98 Å². The first-order chi connectivity index (χ1) is 7.77. The van der Waals surface area contributed by atoms with Crippen molar-refractivity contribution in [3.8, 4) is 0 Å². The van der Waals surface area contributed by atoms with Gasteiger partial charge in [-0.1, -0.05) is 49.6 Å².